The molecular formula is C21H21BrN4OS. The fraction of sp³-hybridized carbons (Fsp3) is 0.286. The van der Waals surface area contributed by atoms with Crippen LogP contribution in [0.1, 0.15) is 29.8 Å². The van der Waals surface area contributed by atoms with Crippen LogP contribution in [0.3, 0.4) is 0 Å². The third-order valence-electron chi connectivity index (χ3n) is 4.94. The molecule has 1 aliphatic rings. The van der Waals surface area contributed by atoms with Crippen LogP contribution in [0.5, 0.6) is 0 Å². The lowest BCUT2D eigenvalue weighted by Gasteiger charge is -2.18. The number of nitrogens with zero attached hydrogens (tertiary/aromatic N) is 3. The molecule has 1 amide bonds. The minimum atomic E-state index is -0.202. The second kappa shape index (κ2) is 8.09. The largest absolute Gasteiger partial charge is 0.346 e. The van der Waals surface area contributed by atoms with E-state index in [4.69, 9.17) is 0 Å². The number of halogens is 1. The van der Waals surface area contributed by atoms with Crippen LogP contribution in [0, 0.1) is 6.92 Å². The second-order valence-corrected chi connectivity index (χ2v) is 8.89. The van der Waals surface area contributed by atoms with E-state index in [0.29, 0.717) is 12.3 Å². The van der Waals surface area contributed by atoms with Crippen LogP contribution >= 0.6 is 27.7 Å². The first-order chi connectivity index (χ1) is 13.6. The normalized spacial score (nSPS) is 14.6. The van der Waals surface area contributed by atoms with Crippen molar-refractivity contribution in [2.45, 2.75) is 37.0 Å². The molecule has 3 aromatic rings. The molecule has 144 valence electrons. The summed E-state index contributed by atoms with van der Waals surface area (Å²) in [6, 6.07) is 18.4. The molecule has 4 rings (SSSR count). The standard InChI is InChI=1S/C21H21BrN4OS/c1-15-24-25-20(26(15)13-16-5-3-2-4-6-16)28-14-19(27)23-21(11-12-21)17-7-9-18(22)10-8-17/h2-10H,11-14H2,1H3,(H,23,27). The van der Waals surface area contributed by atoms with Crippen LogP contribution in [0.25, 0.3) is 0 Å². The van der Waals surface area contributed by atoms with E-state index >= 15 is 0 Å². The number of hydrogen-bond acceptors (Lipinski definition) is 4. The van der Waals surface area contributed by atoms with Crippen LogP contribution < -0.4 is 5.32 Å². The smallest absolute Gasteiger partial charge is 0.231 e. The van der Waals surface area contributed by atoms with Gasteiger partial charge in [0.05, 0.1) is 17.8 Å². The first-order valence-electron chi connectivity index (χ1n) is 9.19. The highest BCUT2D eigenvalue weighted by molar-refractivity contribution is 9.10. The van der Waals surface area contributed by atoms with Gasteiger partial charge < -0.3 is 9.88 Å². The van der Waals surface area contributed by atoms with E-state index in [1.54, 1.807) is 0 Å². The highest BCUT2D eigenvalue weighted by Gasteiger charge is 2.45. The van der Waals surface area contributed by atoms with E-state index in [2.05, 4.69) is 60.3 Å². The highest BCUT2D eigenvalue weighted by Crippen LogP contribution is 2.45. The monoisotopic (exact) mass is 456 g/mol. The number of rotatable bonds is 7. The third-order valence-corrected chi connectivity index (χ3v) is 6.44. The molecule has 1 aromatic heterocycles. The number of hydrogen-bond donors (Lipinski definition) is 1. The Morgan fingerprint density at radius 2 is 1.86 bits per heavy atom. The summed E-state index contributed by atoms with van der Waals surface area (Å²) in [5.41, 5.74) is 2.15. The number of benzene rings is 2. The fourth-order valence-corrected chi connectivity index (χ4v) is 4.28. The predicted molar refractivity (Wildman–Crippen MR) is 114 cm³/mol. The molecule has 1 saturated carbocycles. The van der Waals surface area contributed by atoms with E-state index in [0.717, 1.165) is 33.9 Å². The third kappa shape index (κ3) is 4.31. The summed E-state index contributed by atoms with van der Waals surface area (Å²) >= 11 is 4.89. The lowest BCUT2D eigenvalue weighted by atomic mass is 10.1. The number of aryl methyl sites for hydroxylation is 1. The number of thioether (sulfide) groups is 1. The van der Waals surface area contributed by atoms with Crippen molar-refractivity contribution in [1.29, 1.82) is 0 Å². The van der Waals surface area contributed by atoms with Crippen molar-refractivity contribution in [3.05, 3.63) is 76.0 Å². The van der Waals surface area contributed by atoms with Crippen LogP contribution in [-0.4, -0.2) is 26.4 Å². The molecular weight excluding hydrogens is 436 g/mol. The molecule has 0 saturated heterocycles. The van der Waals surface area contributed by atoms with Gasteiger partial charge in [-0.15, -0.1) is 10.2 Å². The van der Waals surface area contributed by atoms with Gasteiger partial charge >= 0.3 is 0 Å². The van der Waals surface area contributed by atoms with Crippen molar-refractivity contribution in [3.63, 3.8) is 0 Å². The zero-order chi connectivity index (χ0) is 19.6. The number of aromatic nitrogens is 3. The van der Waals surface area contributed by atoms with Gasteiger partial charge in [-0.05, 0) is 43.0 Å². The quantitative estimate of drug-likeness (QED) is 0.538. The maximum absolute atomic E-state index is 12.6. The van der Waals surface area contributed by atoms with Gasteiger partial charge in [0, 0.05) is 4.47 Å². The van der Waals surface area contributed by atoms with Gasteiger partial charge in [-0.2, -0.15) is 0 Å². The summed E-state index contributed by atoms with van der Waals surface area (Å²) in [5.74, 6) is 1.20. The van der Waals surface area contributed by atoms with Gasteiger partial charge in [0.2, 0.25) is 5.91 Å². The molecule has 1 aliphatic carbocycles. The number of carbonyl (C=O) groups is 1. The van der Waals surface area contributed by atoms with Gasteiger partial charge in [-0.3, -0.25) is 4.79 Å². The summed E-state index contributed by atoms with van der Waals surface area (Å²) in [7, 11) is 0. The van der Waals surface area contributed by atoms with Gasteiger partial charge in [0.1, 0.15) is 5.82 Å². The molecule has 1 N–H and O–H groups in total. The number of nitrogens with one attached hydrogen (secondary N) is 1. The number of amides is 1. The Kier molecular flexibility index (Phi) is 5.55. The van der Waals surface area contributed by atoms with E-state index in [9.17, 15) is 4.79 Å². The van der Waals surface area contributed by atoms with Gasteiger partial charge in [0.15, 0.2) is 5.16 Å². The van der Waals surface area contributed by atoms with Crippen molar-refractivity contribution in [1.82, 2.24) is 20.1 Å². The number of carbonyl (C=O) groups excluding carboxylic acids is 1. The molecule has 0 unspecified atom stereocenters. The first kappa shape index (κ1) is 19.2. The molecule has 0 radical (unpaired) electrons. The van der Waals surface area contributed by atoms with Crippen molar-refractivity contribution in [2.75, 3.05) is 5.75 Å². The maximum Gasteiger partial charge on any atom is 0.231 e. The van der Waals surface area contributed by atoms with E-state index < -0.39 is 0 Å². The van der Waals surface area contributed by atoms with Crippen molar-refractivity contribution < 1.29 is 4.79 Å². The molecule has 5 nitrogen and oxygen atoms in total. The van der Waals surface area contributed by atoms with E-state index in [1.165, 1.54) is 17.3 Å². The Balaban J connectivity index is 1.38. The second-order valence-electron chi connectivity index (χ2n) is 7.03. The van der Waals surface area contributed by atoms with Gasteiger partial charge in [0.25, 0.3) is 0 Å². The highest BCUT2D eigenvalue weighted by atomic mass is 79.9. The first-order valence-corrected chi connectivity index (χ1v) is 11.0. The molecule has 0 aliphatic heterocycles. The SMILES string of the molecule is Cc1nnc(SCC(=O)NC2(c3ccc(Br)cc3)CC2)n1Cc1ccccc1. The summed E-state index contributed by atoms with van der Waals surface area (Å²) < 4.78 is 3.09. The Labute approximate surface area is 177 Å². The molecule has 0 spiro atoms. The van der Waals surface area contributed by atoms with Crippen molar-refractivity contribution in [2.24, 2.45) is 0 Å². The van der Waals surface area contributed by atoms with E-state index in [-0.39, 0.29) is 11.4 Å². The molecule has 0 bridgehead atoms. The molecule has 28 heavy (non-hydrogen) atoms. The summed E-state index contributed by atoms with van der Waals surface area (Å²) in [4.78, 5) is 12.6. The average Bonchev–Trinajstić information content (AvgIpc) is 3.40. The topological polar surface area (TPSA) is 59.8 Å². The van der Waals surface area contributed by atoms with E-state index in [1.807, 2.05) is 37.3 Å². The van der Waals surface area contributed by atoms with Crippen LogP contribution in [0.2, 0.25) is 0 Å². The van der Waals surface area contributed by atoms with Gasteiger partial charge in [-0.25, -0.2) is 0 Å². The Morgan fingerprint density at radius 3 is 2.54 bits per heavy atom. The summed E-state index contributed by atoms with van der Waals surface area (Å²) in [6.07, 6.45) is 1.96. The van der Waals surface area contributed by atoms with Gasteiger partial charge in [-0.1, -0.05) is 70.2 Å². The minimum absolute atomic E-state index is 0.0253. The lowest BCUT2D eigenvalue weighted by Crippen LogP contribution is -2.36. The molecule has 2 aromatic carbocycles. The molecule has 1 fully saturated rings. The minimum Gasteiger partial charge on any atom is -0.346 e. The Bertz CT molecular complexity index is 968. The average molecular weight is 457 g/mol. The zero-order valence-electron chi connectivity index (χ0n) is 15.6. The van der Waals surface area contributed by atoms with Crippen LogP contribution in [0.15, 0.2) is 64.2 Å². The summed E-state index contributed by atoms with van der Waals surface area (Å²) in [6.45, 7) is 2.64. The van der Waals surface area contributed by atoms with Crippen LogP contribution in [-0.2, 0) is 16.9 Å². The Morgan fingerprint density at radius 1 is 1.14 bits per heavy atom. The zero-order valence-corrected chi connectivity index (χ0v) is 18.0. The maximum atomic E-state index is 12.6. The van der Waals surface area contributed by atoms with Crippen molar-refractivity contribution >= 4 is 33.6 Å². The predicted octanol–water partition coefficient (Wildman–Crippen LogP) is 4.29. The fourth-order valence-electron chi connectivity index (χ4n) is 3.23. The molecule has 0 atom stereocenters. The van der Waals surface area contributed by atoms with Crippen LogP contribution in [0.4, 0.5) is 0 Å². The Hall–Kier alpha value is -2.12. The van der Waals surface area contributed by atoms with Crippen molar-refractivity contribution in [3.8, 4) is 0 Å². The molecule has 7 heteroatoms. The molecule has 1 heterocycles. The summed E-state index contributed by atoms with van der Waals surface area (Å²) in [5, 5.41) is 12.4. The lowest BCUT2D eigenvalue weighted by molar-refractivity contribution is -0.119.